The van der Waals surface area contributed by atoms with Crippen molar-refractivity contribution in [3.63, 3.8) is 0 Å². The van der Waals surface area contributed by atoms with Crippen LogP contribution in [0.2, 0.25) is 0 Å². The molecular weight excluding hydrogens is 260 g/mol. The number of hydrogen-bond donors (Lipinski definition) is 2. The number of carboxylic acids is 1. The van der Waals surface area contributed by atoms with E-state index in [1.807, 2.05) is 13.0 Å². The number of ether oxygens (including phenoxy) is 1. The normalized spacial score (nSPS) is 13.2. The van der Waals surface area contributed by atoms with Crippen molar-refractivity contribution in [2.75, 3.05) is 20.2 Å². The van der Waals surface area contributed by atoms with Crippen LogP contribution in [-0.2, 0) is 10.3 Å². The molecule has 7 heteroatoms. The van der Waals surface area contributed by atoms with E-state index in [9.17, 15) is 9.90 Å². The Morgan fingerprint density at radius 3 is 2.85 bits per heavy atom. The van der Waals surface area contributed by atoms with Crippen LogP contribution in [0.1, 0.15) is 18.1 Å². The number of aliphatic carboxylic acids is 1. The summed E-state index contributed by atoms with van der Waals surface area (Å²) in [5.74, 6) is -0.529. The first-order valence-corrected chi connectivity index (χ1v) is 6.10. The standard InChI is InChI=1S/C13H18N4O3/c1-9-4-5-11(20-3)10(8-9)13(2,12(18)19)15-6-7-16-17-14/h4-5,8,15H,6-7H2,1-3H3,(H,18,19). The van der Waals surface area contributed by atoms with Crippen molar-refractivity contribution in [2.24, 2.45) is 5.11 Å². The second-order valence-electron chi connectivity index (χ2n) is 4.52. The molecule has 0 aromatic heterocycles. The summed E-state index contributed by atoms with van der Waals surface area (Å²) in [6, 6.07) is 5.36. The van der Waals surface area contributed by atoms with Crippen LogP contribution in [-0.4, -0.2) is 31.3 Å². The molecule has 0 bridgehead atoms. The van der Waals surface area contributed by atoms with Crippen molar-refractivity contribution in [1.29, 1.82) is 0 Å². The van der Waals surface area contributed by atoms with E-state index < -0.39 is 11.5 Å². The molecule has 0 heterocycles. The lowest BCUT2D eigenvalue weighted by Gasteiger charge is -2.28. The first-order valence-electron chi connectivity index (χ1n) is 6.10. The first kappa shape index (κ1) is 15.8. The lowest BCUT2D eigenvalue weighted by atomic mass is 9.90. The lowest BCUT2D eigenvalue weighted by Crippen LogP contribution is -2.47. The number of carbonyl (C=O) groups is 1. The molecule has 1 aromatic rings. The summed E-state index contributed by atoms with van der Waals surface area (Å²) in [7, 11) is 1.50. The highest BCUT2D eigenvalue weighted by molar-refractivity contribution is 5.81. The van der Waals surface area contributed by atoms with Gasteiger partial charge in [0.25, 0.3) is 0 Å². The third kappa shape index (κ3) is 3.40. The molecule has 0 radical (unpaired) electrons. The van der Waals surface area contributed by atoms with Crippen LogP contribution in [0.5, 0.6) is 5.75 Å². The topological polar surface area (TPSA) is 107 Å². The van der Waals surface area contributed by atoms with Gasteiger partial charge in [-0.15, -0.1) is 0 Å². The maximum absolute atomic E-state index is 11.6. The number of rotatable bonds is 7. The minimum atomic E-state index is -1.32. The molecule has 1 atom stereocenters. The molecule has 7 nitrogen and oxygen atoms in total. The Morgan fingerprint density at radius 2 is 2.30 bits per heavy atom. The van der Waals surface area contributed by atoms with Crippen molar-refractivity contribution in [1.82, 2.24) is 5.32 Å². The molecule has 2 N–H and O–H groups in total. The fraction of sp³-hybridized carbons (Fsp3) is 0.462. The molecule has 0 spiro atoms. The van der Waals surface area contributed by atoms with Crippen molar-refractivity contribution in [2.45, 2.75) is 19.4 Å². The van der Waals surface area contributed by atoms with Gasteiger partial charge in [0.2, 0.25) is 0 Å². The van der Waals surface area contributed by atoms with Gasteiger partial charge in [-0.2, -0.15) is 0 Å². The largest absolute Gasteiger partial charge is 0.496 e. The Labute approximate surface area is 117 Å². The molecule has 20 heavy (non-hydrogen) atoms. The number of carboxylic acid groups (broad SMARTS) is 1. The van der Waals surface area contributed by atoms with E-state index in [1.165, 1.54) is 7.11 Å². The van der Waals surface area contributed by atoms with Gasteiger partial charge in [0.15, 0.2) is 0 Å². The molecule has 1 unspecified atom stereocenters. The monoisotopic (exact) mass is 278 g/mol. The lowest BCUT2D eigenvalue weighted by molar-refractivity contribution is -0.144. The molecule has 0 saturated heterocycles. The van der Waals surface area contributed by atoms with Crippen LogP contribution in [0.25, 0.3) is 10.4 Å². The highest BCUT2D eigenvalue weighted by Crippen LogP contribution is 2.31. The highest BCUT2D eigenvalue weighted by Gasteiger charge is 2.37. The van der Waals surface area contributed by atoms with Gasteiger partial charge in [-0.1, -0.05) is 16.7 Å². The Morgan fingerprint density at radius 1 is 1.60 bits per heavy atom. The number of aryl methyl sites for hydroxylation is 1. The quantitative estimate of drug-likeness (QED) is 0.345. The molecule has 108 valence electrons. The van der Waals surface area contributed by atoms with Crippen LogP contribution >= 0.6 is 0 Å². The molecule has 1 aromatic carbocycles. The van der Waals surface area contributed by atoms with Crippen molar-refractivity contribution in [3.05, 3.63) is 39.8 Å². The minimum Gasteiger partial charge on any atom is -0.496 e. The SMILES string of the molecule is COc1ccc(C)cc1C(C)(NCCN=[N+]=[N-])C(=O)O. The molecular formula is C13H18N4O3. The predicted molar refractivity (Wildman–Crippen MR) is 74.7 cm³/mol. The zero-order chi connectivity index (χ0) is 15.2. The van der Waals surface area contributed by atoms with E-state index in [1.54, 1.807) is 19.1 Å². The zero-order valence-electron chi connectivity index (χ0n) is 11.8. The molecule has 0 aliphatic carbocycles. The van der Waals surface area contributed by atoms with Crippen molar-refractivity contribution < 1.29 is 14.6 Å². The van der Waals surface area contributed by atoms with Crippen LogP contribution in [0.4, 0.5) is 0 Å². The van der Waals surface area contributed by atoms with Gasteiger partial charge in [0.05, 0.1) is 7.11 Å². The summed E-state index contributed by atoms with van der Waals surface area (Å²) < 4.78 is 5.24. The van der Waals surface area contributed by atoms with Crippen molar-refractivity contribution in [3.8, 4) is 5.75 Å². The molecule has 0 aliphatic rings. The maximum atomic E-state index is 11.6. The minimum absolute atomic E-state index is 0.174. The number of methoxy groups -OCH3 is 1. The number of benzene rings is 1. The van der Waals surface area contributed by atoms with E-state index in [-0.39, 0.29) is 13.1 Å². The Balaban J connectivity index is 3.14. The molecule has 1 rings (SSSR count). The van der Waals surface area contributed by atoms with E-state index in [0.29, 0.717) is 11.3 Å². The van der Waals surface area contributed by atoms with E-state index in [2.05, 4.69) is 15.3 Å². The highest BCUT2D eigenvalue weighted by atomic mass is 16.5. The number of hydrogen-bond acceptors (Lipinski definition) is 4. The Bertz CT molecular complexity index is 540. The van der Waals surface area contributed by atoms with Gasteiger partial charge in [0, 0.05) is 23.6 Å². The van der Waals surface area contributed by atoms with E-state index >= 15 is 0 Å². The second-order valence-corrected chi connectivity index (χ2v) is 4.52. The Hall–Kier alpha value is -2.24. The van der Waals surface area contributed by atoms with Crippen LogP contribution < -0.4 is 10.1 Å². The molecule has 0 fully saturated rings. The third-order valence-corrected chi connectivity index (χ3v) is 3.07. The van der Waals surface area contributed by atoms with Crippen LogP contribution in [0.3, 0.4) is 0 Å². The average molecular weight is 278 g/mol. The van der Waals surface area contributed by atoms with Gasteiger partial charge in [-0.25, -0.2) is 4.79 Å². The van der Waals surface area contributed by atoms with Gasteiger partial charge in [0.1, 0.15) is 11.3 Å². The maximum Gasteiger partial charge on any atom is 0.328 e. The second kappa shape index (κ2) is 6.79. The smallest absolute Gasteiger partial charge is 0.328 e. The number of nitrogens with zero attached hydrogens (tertiary/aromatic N) is 3. The van der Waals surface area contributed by atoms with E-state index in [0.717, 1.165) is 5.56 Å². The first-order chi connectivity index (χ1) is 9.45. The fourth-order valence-corrected chi connectivity index (χ4v) is 1.90. The summed E-state index contributed by atoms with van der Waals surface area (Å²) in [5, 5.41) is 15.8. The van der Waals surface area contributed by atoms with Gasteiger partial charge < -0.3 is 9.84 Å². The summed E-state index contributed by atoms with van der Waals surface area (Å²) in [4.78, 5) is 14.3. The molecule has 0 saturated carbocycles. The number of nitrogens with one attached hydrogen (secondary N) is 1. The number of azide groups is 1. The summed E-state index contributed by atoms with van der Waals surface area (Å²) in [5.41, 5.74) is 8.39. The summed E-state index contributed by atoms with van der Waals surface area (Å²) >= 11 is 0. The Kier molecular flexibility index (Phi) is 5.37. The van der Waals surface area contributed by atoms with Crippen LogP contribution in [0, 0.1) is 6.92 Å². The summed E-state index contributed by atoms with van der Waals surface area (Å²) in [6.07, 6.45) is 0. The van der Waals surface area contributed by atoms with Crippen molar-refractivity contribution >= 4 is 5.97 Å². The zero-order valence-corrected chi connectivity index (χ0v) is 11.8. The predicted octanol–water partition coefficient (Wildman–Crippen LogP) is 2.20. The van der Waals surface area contributed by atoms with Gasteiger partial charge in [-0.05, 0) is 31.5 Å². The molecule has 0 amide bonds. The van der Waals surface area contributed by atoms with E-state index in [4.69, 9.17) is 10.3 Å². The van der Waals surface area contributed by atoms with Gasteiger partial charge >= 0.3 is 5.97 Å². The summed E-state index contributed by atoms with van der Waals surface area (Å²) in [6.45, 7) is 3.87. The van der Waals surface area contributed by atoms with Crippen LogP contribution in [0.15, 0.2) is 23.3 Å². The molecule has 0 aliphatic heterocycles. The van der Waals surface area contributed by atoms with Gasteiger partial charge in [-0.3, -0.25) is 5.32 Å². The average Bonchev–Trinajstić information content (AvgIpc) is 2.43. The fourth-order valence-electron chi connectivity index (χ4n) is 1.90. The third-order valence-electron chi connectivity index (χ3n) is 3.07.